The van der Waals surface area contributed by atoms with Crippen LogP contribution in [-0.4, -0.2) is 25.5 Å². The Labute approximate surface area is 93.4 Å². The van der Waals surface area contributed by atoms with Gasteiger partial charge < -0.3 is 4.90 Å². The molecule has 1 heteroatoms. The summed E-state index contributed by atoms with van der Waals surface area (Å²) in [6.07, 6.45) is 4.36. The molecule has 0 fully saturated rings. The summed E-state index contributed by atoms with van der Waals surface area (Å²) < 4.78 is 0. The fourth-order valence-electron chi connectivity index (χ4n) is 1.39. The van der Waals surface area contributed by atoms with E-state index >= 15 is 0 Å². The van der Waals surface area contributed by atoms with E-state index < -0.39 is 0 Å². The highest BCUT2D eigenvalue weighted by atomic mass is 15.0. The van der Waals surface area contributed by atoms with Gasteiger partial charge in [-0.3, -0.25) is 0 Å². The highest BCUT2D eigenvalue weighted by molar-refractivity contribution is 5.50. The summed E-state index contributed by atoms with van der Waals surface area (Å²) in [5.74, 6) is 0.616. The van der Waals surface area contributed by atoms with Gasteiger partial charge in [0.15, 0.2) is 0 Å². The van der Waals surface area contributed by atoms with Crippen molar-refractivity contribution in [1.29, 1.82) is 0 Å². The number of rotatable bonds is 4. The van der Waals surface area contributed by atoms with Crippen LogP contribution in [0.5, 0.6) is 0 Å². The van der Waals surface area contributed by atoms with Gasteiger partial charge in [-0.25, -0.2) is 0 Å². The second-order valence-electron chi connectivity index (χ2n) is 4.49. The molecule has 0 bridgehead atoms. The Balaban J connectivity index is 2.60. The number of likely N-dealkylation sites (N-methyl/N-ethyl adjacent to an activating group) is 1. The molecule has 0 unspecified atom stereocenters. The van der Waals surface area contributed by atoms with Gasteiger partial charge in [0.1, 0.15) is 0 Å². The standard InChI is InChI=1S/C14H21N/c1-12(2)14-9-7-13(8-10-14)6-5-11-15(3)4/h5-10,12H,11H2,1-4H3/b6-5+. The molecule has 0 aliphatic rings. The van der Waals surface area contributed by atoms with Gasteiger partial charge in [-0.2, -0.15) is 0 Å². The molecule has 0 saturated heterocycles. The zero-order valence-corrected chi connectivity index (χ0v) is 10.2. The molecule has 0 atom stereocenters. The van der Waals surface area contributed by atoms with Gasteiger partial charge >= 0.3 is 0 Å². The second kappa shape index (κ2) is 5.72. The van der Waals surface area contributed by atoms with Crippen LogP contribution in [0.25, 0.3) is 6.08 Å². The average Bonchev–Trinajstić information content (AvgIpc) is 2.18. The first-order chi connectivity index (χ1) is 7.09. The Hall–Kier alpha value is -1.08. The van der Waals surface area contributed by atoms with Crippen LogP contribution < -0.4 is 0 Å². The van der Waals surface area contributed by atoms with E-state index in [9.17, 15) is 0 Å². The molecule has 1 rings (SSSR count). The Bertz CT molecular complexity index is 307. The maximum absolute atomic E-state index is 2.22. The van der Waals surface area contributed by atoms with Gasteiger partial charge in [0.05, 0.1) is 0 Å². The van der Waals surface area contributed by atoms with Crippen LogP contribution in [0, 0.1) is 0 Å². The summed E-state index contributed by atoms with van der Waals surface area (Å²) >= 11 is 0. The lowest BCUT2D eigenvalue weighted by atomic mass is 10.0. The maximum atomic E-state index is 2.22. The fourth-order valence-corrected chi connectivity index (χ4v) is 1.39. The van der Waals surface area contributed by atoms with Gasteiger partial charge in [0.25, 0.3) is 0 Å². The number of benzene rings is 1. The SMILES string of the molecule is CC(C)c1ccc(/C=C/CN(C)C)cc1. The Morgan fingerprint density at radius 3 is 2.20 bits per heavy atom. The Morgan fingerprint density at radius 1 is 1.13 bits per heavy atom. The first-order valence-electron chi connectivity index (χ1n) is 5.51. The highest BCUT2D eigenvalue weighted by Crippen LogP contribution is 2.15. The zero-order valence-electron chi connectivity index (χ0n) is 10.2. The molecule has 0 spiro atoms. The number of hydrogen-bond acceptors (Lipinski definition) is 1. The Morgan fingerprint density at radius 2 is 1.73 bits per heavy atom. The third kappa shape index (κ3) is 4.30. The second-order valence-corrected chi connectivity index (χ2v) is 4.49. The average molecular weight is 203 g/mol. The summed E-state index contributed by atoms with van der Waals surface area (Å²) in [5.41, 5.74) is 2.68. The molecule has 0 aliphatic heterocycles. The minimum absolute atomic E-state index is 0.616. The minimum Gasteiger partial charge on any atom is -0.306 e. The van der Waals surface area contributed by atoms with E-state index in [1.54, 1.807) is 0 Å². The molecule has 0 saturated carbocycles. The third-order valence-corrected chi connectivity index (χ3v) is 2.38. The van der Waals surface area contributed by atoms with E-state index in [4.69, 9.17) is 0 Å². The molecule has 0 aliphatic carbocycles. The van der Waals surface area contributed by atoms with Crippen LogP contribution in [0.3, 0.4) is 0 Å². The summed E-state index contributed by atoms with van der Waals surface area (Å²) in [4.78, 5) is 2.15. The van der Waals surface area contributed by atoms with Gasteiger partial charge in [-0.1, -0.05) is 50.3 Å². The molecule has 0 radical (unpaired) electrons. The third-order valence-electron chi connectivity index (χ3n) is 2.38. The minimum atomic E-state index is 0.616. The van der Waals surface area contributed by atoms with Crippen molar-refractivity contribution < 1.29 is 0 Å². The van der Waals surface area contributed by atoms with E-state index in [2.05, 4.69) is 69.3 Å². The van der Waals surface area contributed by atoms with Crippen LogP contribution in [0.1, 0.15) is 30.9 Å². The van der Waals surface area contributed by atoms with E-state index in [1.165, 1.54) is 11.1 Å². The molecule has 1 aromatic carbocycles. The molecule has 0 amide bonds. The van der Waals surface area contributed by atoms with Crippen LogP contribution in [-0.2, 0) is 0 Å². The summed E-state index contributed by atoms with van der Waals surface area (Å²) in [5, 5.41) is 0. The topological polar surface area (TPSA) is 3.24 Å². The van der Waals surface area contributed by atoms with Crippen molar-refractivity contribution in [3.8, 4) is 0 Å². The van der Waals surface area contributed by atoms with Crippen molar-refractivity contribution in [2.75, 3.05) is 20.6 Å². The predicted molar refractivity (Wildman–Crippen MR) is 68.1 cm³/mol. The van der Waals surface area contributed by atoms with Crippen LogP contribution in [0.4, 0.5) is 0 Å². The molecule has 0 aromatic heterocycles. The summed E-state index contributed by atoms with van der Waals surface area (Å²) in [7, 11) is 4.15. The van der Waals surface area contributed by atoms with E-state index in [-0.39, 0.29) is 0 Å². The van der Waals surface area contributed by atoms with E-state index in [0.717, 1.165) is 6.54 Å². The first kappa shape index (κ1) is 12.0. The molecular formula is C14H21N. The van der Waals surface area contributed by atoms with Crippen molar-refractivity contribution in [3.05, 3.63) is 41.5 Å². The lowest BCUT2D eigenvalue weighted by Crippen LogP contribution is -2.10. The molecule has 1 aromatic rings. The molecule has 15 heavy (non-hydrogen) atoms. The monoisotopic (exact) mass is 203 g/mol. The van der Waals surface area contributed by atoms with Crippen molar-refractivity contribution in [2.24, 2.45) is 0 Å². The number of hydrogen-bond donors (Lipinski definition) is 0. The van der Waals surface area contributed by atoms with E-state index in [0.29, 0.717) is 5.92 Å². The largest absolute Gasteiger partial charge is 0.306 e. The Kier molecular flexibility index (Phi) is 4.57. The van der Waals surface area contributed by atoms with Crippen LogP contribution in [0.15, 0.2) is 30.3 Å². The maximum Gasteiger partial charge on any atom is 0.0160 e. The quantitative estimate of drug-likeness (QED) is 0.725. The highest BCUT2D eigenvalue weighted by Gasteiger charge is 1.96. The van der Waals surface area contributed by atoms with Crippen molar-refractivity contribution in [1.82, 2.24) is 4.90 Å². The van der Waals surface area contributed by atoms with Crippen molar-refractivity contribution in [2.45, 2.75) is 19.8 Å². The van der Waals surface area contributed by atoms with Gasteiger partial charge in [-0.15, -0.1) is 0 Å². The van der Waals surface area contributed by atoms with Gasteiger partial charge in [-0.05, 0) is 31.1 Å². The summed E-state index contributed by atoms with van der Waals surface area (Å²) in [6.45, 7) is 5.43. The molecule has 1 nitrogen and oxygen atoms in total. The predicted octanol–water partition coefficient (Wildman–Crippen LogP) is 3.38. The fraction of sp³-hybridized carbons (Fsp3) is 0.429. The molecule has 0 heterocycles. The molecule has 0 N–H and O–H groups in total. The van der Waals surface area contributed by atoms with Gasteiger partial charge in [0.2, 0.25) is 0 Å². The first-order valence-corrected chi connectivity index (χ1v) is 5.51. The van der Waals surface area contributed by atoms with E-state index in [1.807, 2.05) is 0 Å². The van der Waals surface area contributed by atoms with Crippen molar-refractivity contribution >= 4 is 6.08 Å². The smallest absolute Gasteiger partial charge is 0.0160 e. The normalized spacial score (nSPS) is 11.9. The van der Waals surface area contributed by atoms with Crippen molar-refractivity contribution in [3.63, 3.8) is 0 Å². The lowest BCUT2D eigenvalue weighted by molar-refractivity contribution is 0.457. The summed E-state index contributed by atoms with van der Waals surface area (Å²) in [6, 6.07) is 8.78. The van der Waals surface area contributed by atoms with Crippen LogP contribution in [0.2, 0.25) is 0 Å². The van der Waals surface area contributed by atoms with Gasteiger partial charge in [0, 0.05) is 6.54 Å². The zero-order chi connectivity index (χ0) is 11.3. The number of nitrogens with zero attached hydrogens (tertiary/aromatic N) is 1. The molecule has 82 valence electrons. The van der Waals surface area contributed by atoms with Crippen LogP contribution >= 0.6 is 0 Å². The molecular weight excluding hydrogens is 182 g/mol. The lowest BCUT2D eigenvalue weighted by Gasteiger charge is -2.05.